The molecule has 5 nitrogen and oxygen atoms in total. The average molecular weight is 279 g/mol. The van der Waals surface area contributed by atoms with Gasteiger partial charge in [0.15, 0.2) is 5.78 Å². The number of ether oxygens (including phenoxy) is 2. The fourth-order valence-corrected chi connectivity index (χ4v) is 1.39. The minimum Gasteiger partial charge on any atom is -0.444 e. The molecule has 1 N–H and O–H groups in total. The van der Waals surface area contributed by atoms with E-state index in [9.17, 15) is 9.59 Å². The van der Waals surface area contributed by atoms with E-state index in [1.54, 1.807) is 20.8 Å². The zero-order valence-electron chi connectivity index (χ0n) is 12.1. The summed E-state index contributed by atoms with van der Waals surface area (Å²) in [5, 5.41) is 2.40. The lowest BCUT2D eigenvalue weighted by atomic mass is 10.2. The van der Waals surface area contributed by atoms with E-state index in [-0.39, 0.29) is 18.9 Å². The fraction of sp³-hybridized carbons (Fsp3) is 0.467. The number of amides is 1. The highest BCUT2D eigenvalue weighted by molar-refractivity contribution is 5.84. The highest BCUT2D eigenvalue weighted by Crippen LogP contribution is 2.06. The van der Waals surface area contributed by atoms with Gasteiger partial charge in [-0.05, 0) is 26.3 Å². The van der Waals surface area contributed by atoms with Crippen molar-refractivity contribution in [1.29, 1.82) is 0 Å². The molecule has 0 bridgehead atoms. The van der Waals surface area contributed by atoms with Gasteiger partial charge in [-0.25, -0.2) is 4.79 Å². The van der Waals surface area contributed by atoms with Crippen molar-refractivity contribution in [1.82, 2.24) is 5.32 Å². The Morgan fingerprint density at radius 2 is 1.80 bits per heavy atom. The largest absolute Gasteiger partial charge is 0.444 e. The van der Waals surface area contributed by atoms with Crippen LogP contribution in [0.15, 0.2) is 30.3 Å². The number of carbonyl (C=O) groups excluding carboxylic acids is 2. The minimum absolute atomic E-state index is 0.0370. The number of rotatable bonds is 6. The molecule has 20 heavy (non-hydrogen) atoms. The summed E-state index contributed by atoms with van der Waals surface area (Å²) >= 11 is 0. The topological polar surface area (TPSA) is 64.6 Å². The van der Waals surface area contributed by atoms with Crippen LogP contribution in [0.2, 0.25) is 0 Å². The molecule has 0 heterocycles. The molecule has 110 valence electrons. The molecule has 0 radical (unpaired) electrons. The summed E-state index contributed by atoms with van der Waals surface area (Å²) in [6.07, 6.45) is -0.603. The molecule has 0 spiro atoms. The van der Waals surface area contributed by atoms with E-state index in [4.69, 9.17) is 9.47 Å². The summed E-state index contributed by atoms with van der Waals surface area (Å²) in [5.41, 5.74) is 0.428. The van der Waals surface area contributed by atoms with Gasteiger partial charge < -0.3 is 14.8 Å². The maximum absolute atomic E-state index is 11.5. The van der Waals surface area contributed by atoms with Crippen LogP contribution in [-0.4, -0.2) is 30.6 Å². The summed E-state index contributed by atoms with van der Waals surface area (Å²) < 4.78 is 10.3. The van der Waals surface area contributed by atoms with Gasteiger partial charge >= 0.3 is 6.09 Å². The zero-order chi connectivity index (χ0) is 15.0. The van der Waals surface area contributed by atoms with E-state index < -0.39 is 11.7 Å². The molecule has 1 rings (SSSR count). The summed E-state index contributed by atoms with van der Waals surface area (Å²) in [4.78, 5) is 22.8. The van der Waals surface area contributed by atoms with Crippen molar-refractivity contribution < 1.29 is 19.1 Å². The maximum atomic E-state index is 11.5. The van der Waals surface area contributed by atoms with Gasteiger partial charge in [0, 0.05) is 0 Å². The Morgan fingerprint density at radius 1 is 1.15 bits per heavy atom. The molecular formula is C15H21NO4. The summed E-state index contributed by atoms with van der Waals surface area (Å²) in [6.45, 7) is 5.53. The van der Waals surface area contributed by atoms with Crippen LogP contribution in [0.4, 0.5) is 4.79 Å². The van der Waals surface area contributed by atoms with Crippen LogP contribution in [0.5, 0.6) is 0 Å². The SMILES string of the molecule is CC(C)(C)OC(=O)NCC(=O)COCc1ccccc1. The highest BCUT2D eigenvalue weighted by Gasteiger charge is 2.16. The summed E-state index contributed by atoms with van der Waals surface area (Å²) in [6, 6.07) is 9.57. The van der Waals surface area contributed by atoms with Crippen LogP contribution in [0.1, 0.15) is 26.3 Å². The van der Waals surface area contributed by atoms with Crippen LogP contribution in [0.25, 0.3) is 0 Å². The first-order chi connectivity index (χ1) is 9.37. The number of Topliss-reactive ketones (excluding diaryl/α,β-unsaturated/α-hetero) is 1. The third kappa shape index (κ3) is 7.53. The second kappa shape index (κ2) is 7.65. The van der Waals surface area contributed by atoms with Gasteiger partial charge in [-0.1, -0.05) is 30.3 Å². The second-order valence-electron chi connectivity index (χ2n) is 5.37. The Kier molecular flexibility index (Phi) is 6.18. The molecule has 0 aliphatic carbocycles. The molecule has 0 aliphatic heterocycles. The van der Waals surface area contributed by atoms with Gasteiger partial charge in [-0.2, -0.15) is 0 Å². The van der Waals surface area contributed by atoms with E-state index in [1.807, 2.05) is 30.3 Å². The van der Waals surface area contributed by atoms with Crippen LogP contribution in [0, 0.1) is 0 Å². The second-order valence-corrected chi connectivity index (χ2v) is 5.37. The van der Waals surface area contributed by atoms with Gasteiger partial charge in [-0.3, -0.25) is 4.79 Å². The molecular weight excluding hydrogens is 258 g/mol. The van der Waals surface area contributed by atoms with Crippen molar-refractivity contribution in [2.45, 2.75) is 33.0 Å². The monoisotopic (exact) mass is 279 g/mol. The molecule has 5 heteroatoms. The van der Waals surface area contributed by atoms with E-state index in [1.165, 1.54) is 0 Å². The lowest BCUT2D eigenvalue weighted by molar-refractivity contribution is -0.123. The van der Waals surface area contributed by atoms with Crippen molar-refractivity contribution in [2.24, 2.45) is 0 Å². The summed E-state index contributed by atoms with van der Waals surface area (Å²) in [5.74, 6) is -0.202. The number of hydrogen-bond acceptors (Lipinski definition) is 4. The number of hydrogen-bond donors (Lipinski definition) is 1. The number of benzene rings is 1. The quantitative estimate of drug-likeness (QED) is 0.867. The van der Waals surface area contributed by atoms with Crippen molar-refractivity contribution in [3.63, 3.8) is 0 Å². The van der Waals surface area contributed by atoms with E-state index in [0.717, 1.165) is 5.56 Å². The first-order valence-electron chi connectivity index (χ1n) is 6.47. The predicted molar refractivity (Wildman–Crippen MR) is 75.3 cm³/mol. The van der Waals surface area contributed by atoms with Gasteiger partial charge in [0.25, 0.3) is 0 Å². The van der Waals surface area contributed by atoms with Gasteiger partial charge in [0.2, 0.25) is 0 Å². The fourth-order valence-electron chi connectivity index (χ4n) is 1.39. The number of ketones is 1. The molecule has 0 fully saturated rings. The molecule has 0 saturated heterocycles. The third-order valence-electron chi connectivity index (χ3n) is 2.20. The van der Waals surface area contributed by atoms with Gasteiger partial charge in [-0.15, -0.1) is 0 Å². The molecule has 1 aromatic rings. The molecule has 1 amide bonds. The van der Waals surface area contributed by atoms with Crippen LogP contribution >= 0.6 is 0 Å². The number of nitrogens with one attached hydrogen (secondary N) is 1. The highest BCUT2D eigenvalue weighted by atomic mass is 16.6. The first-order valence-corrected chi connectivity index (χ1v) is 6.47. The van der Waals surface area contributed by atoms with Crippen LogP contribution in [0.3, 0.4) is 0 Å². The van der Waals surface area contributed by atoms with Crippen molar-refractivity contribution >= 4 is 11.9 Å². The van der Waals surface area contributed by atoms with Crippen molar-refractivity contribution in [2.75, 3.05) is 13.2 Å². The van der Waals surface area contributed by atoms with Gasteiger partial charge in [0.05, 0.1) is 13.2 Å². The van der Waals surface area contributed by atoms with E-state index in [0.29, 0.717) is 6.61 Å². The predicted octanol–water partition coefficient (Wildman–Crippen LogP) is 2.30. The normalized spacial score (nSPS) is 10.9. The lowest BCUT2D eigenvalue weighted by Crippen LogP contribution is -2.36. The van der Waals surface area contributed by atoms with E-state index in [2.05, 4.69) is 5.32 Å². The Labute approximate surface area is 119 Å². The molecule has 0 unspecified atom stereocenters. The van der Waals surface area contributed by atoms with Gasteiger partial charge in [0.1, 0.15) is 12.2 Å². The lowest BCUT2D eigenvalue weighted by Gasteiger charge is -2.19. The molecule has 0 aromatic heterocycles. The van der Waals surface area contributed by atoms with Crippen LogP contribution in [-0.2, 0) is 20.9 Å². The standard InChI is InChI=1S/C15H21NO4/c1-15(2,3)20-14(18)16-9-13(17)11-19-10-12-7-5-4-6-8-12/h4-8H,9-11H2,1-3H3,(H,16,18). The van der Waals surface area contributed by atoms with E-state index >= 15 is 0 Å². The van der Waals surface area contributed by atoms with Crippen LogP contribution < -0.4 is 5.32 Å². The first kappa shape index (κ1) is 16.2. The average Bonchev–Trinajstić information content (AvgIpc) is 2.36. The third-order valence-corrected chi connectivity index (χ3v) is 2.20. The molecule has 0 saturated carbocycles. The Morgan fingerprint density at radius 3 is 2.40 bits per heavy atom. The zero-order valence-corrected chi connectivity index (χ0v) is 12.1. The molecule has 0 atom stereocenters. The minimum atomic E-state index is -0.603. The smallest absolute Gasteiger partial charge is 0.408 e. The number of alkyl carbamates (subject to hydrolysis) is 1. The molecule has 0 aliphatic rings. The number of carbonyl (C=O) groups is 2. The Hall–Kier alpha value is -1.88. The summed E-state index contributed by atoms with van der Waals surface area (Å²) in [7, 11) is 0. The molecule has 1 aromatic carbocycles. The Bertz CT molecular complexity index is 437. The maximum Gasteiger partial charge on any atom is 0.408 e. The van der Waals surface area contributed by atoms with Crippen molar-refractivity contribution in [3.05, 3.63) is 35.9 Å². The Balaban J connectivity index is 2.16. The van der Waals surface area contributed by atoms with Crippen molar-refractivity contribution in [3.8, 4) is 0 Å².